The minimum Gasteiger partial charge on any atom is -0.471 e. The number of amides is 2. The van der Waals surface area contributed by atoms with Crippen LogP contribution in [0, 0.1) is 0 Å². The summed E-state index contributed by atoms with van der Waals surface area (Å²) in [6, 6.07) is 17.4. The third-order valence-electron chi connectivity index (χ3n) is 3.82. The van der Waals surface area contributed by atoms with Gasteiger partial charge in [0.15, 0.2) is 6.23 Å². The largest absolute Gasteiger partial charge is 0.471 e. The van der Waals surface area contributed by atoms with E-state index >= 15 is 0 Å². The molecule has 0 saturated heterocycles. The third-order valence-corrected chi connectivity index (χ3v) is 3.82. The molecule has 2 rings (SSSR count). The molecule has 1 atom stereocenters. The van der Waals surface area contributed by atoms with E-state index in [1.165, 1.54) is 5.56 Å². The van der Waals surface area contributed by atoms with Gasteiger partial charge in [0, 0.05) is 12.2 Å². The lowest BCUT2D eigenvalue weighted by Gasteiger charge is -2.24. The second-order valence-electron chi connectivity index (χ2n) is 6.01. The predicted molar refractivity (Wildman–Crippen MR) is 98.6 cm³/mol. The molecule has 0 aliphatic rings. The Hall–Kier alpha value is -2.49. The van der Waals surface area contributed by atoms with Crippen molar-refractivity contribution in [1.82, 2.24) is 5.32 Å². The standard InChI is InChI=1S/C20H26N2O2/c1-5-22(18-9-7-6-8-10-18)20(23)21-16(4)24-19-13-11-17(12-14-19)15(2)3/h6-16H,5H2,1-4H3,(H,21,23). The Kier molecular flexibility index (Phi) is 6.24. The van der Waals surface area contributed by atoms with Gasteiger partial charge in [0.25, 0.3) is 0 Å². The van der Waals surface area contributed by atoms with E-state index in [-0.39, 0.29) is 6.03 Å². The number of carbonyl (C=O) groups is 1. The van der Waals surface area contributed by atoms with Gasteiger partial charge in [0.2, 0.25) is 0 Å². The number of rotatable bonds is 6. The number of hydrogen-bond acceptors (Lipinski definition) is 2. The molecule has 2 aromatic carbocycles. The fourth-order valence-electron chi connectivity index (χ4n) is 2.47. The van der Waals surface area contributed by atoms with Crippen LogP contribution in [0.1, 0.15) is 39.2 Å². The fraction of sp³-hybridized carbons (Fsp3) is 0.350. The van der Waals surface area contributed by atoms with Gasteiger partial charge in [-0.1, -0.05) is 44.2 Å². The predicted octanol–water partition coefficient (Wildman–Crippen LogP) is 4.77. The van der Waals surface area contributed by atoms with Crippen LogP contribution < -0.4 is 15.0 Å². The summed E-state index contributed by atoms with van der Waals surface area (Å²) < 4.78 is 5.79. The molecular formula is C20H26N2O2. The number of ether oxygens (including phenoxy) is 1. The van der Waals surface area contributed by atoms with E-state index < -0.39 is 6.23 Å². The van der Waals surface area contributed by atoms with Crippen molar-refractivity contribution in [1.29, 1.82) is 0 Å². The van der Waals surface area contributed by atoms with Gasteiger partial charge in [-0.15, -0.1) is 0 Å². The Morgan fingerprint density at radius 1 is 1.04 bits per heavy atom. The molecule has 1 N–H and O–H groups in total. The number of nitrogens with one attached hydrogen (secondary N) is 1. The molecule has 24 heavy (non-hydrogen) atoms. The normalized spacial score (nSPS) is 11.9. The summed E-state index contributed by atoms with van der Waals surface area (Å²) in [6.45, 7) is 8.67. The molecule has 2 amide bonds. The lowest BCUT2D eigenvalue weighted by atomic mass is 10.0. The van der Waals surface area contributed by atoms with Crippen LogP contribution in [0.4, 0.5) is 10.5 Å². The molecule has 0 heterocycles. The summed E-state index contributed by atoms with van der Waals surface area (Å²) in [6.07, 6.45) is -0.417. The van der Waals surface area contributed by atoms with Gasteiger partial charge in [0.05, 0.1) is 0 Å². The van der Waals surface area contributed by atoms with Crippen molar-refractivity contribution in [2.75, 3.05) is 11.4 Å². The summed E-state index contributed by atoms with van der Waals surface area (Å²) in [7, 11) is 0. The van der Waals surface area contributed by atoms with Crippen molar-refractivity contribution in [3.63, 3.8) is 0 Å². The first-order chi connectivity index (χ1) is 11.5. The van der Waals surface area contributed by atoms with E-state index in [2.05, 4.69) is 31.3 Å². The third kappa shape index (κ3) is 4.75. The number of benzene rings is 2. The second kappa shape index (κ2) is 8.39. The molecule has 4 heteroatoms. The Balaban J connectivity index is 1.95. The lowest BCUT2D eigenvalue weighted by molar-refractivity contribution is 0.180. The summed E-state index contributed by atoms with van der Waals surface area (Å²) in [5.74, 6) is 1.23. The molecule has 0 radical (unpaired) electrons. The molecule has 0 spiro atoms. The topological polar surface area (TPSA) is 41.6 Å². The van der Waals surface area contributed by atoms with Crippen LogP contribution in [-0.2, 0) is 0 Å². The average Bonchev–Trinajstić information content (AvgIpc) is 2.56. The van der Waals surface area contributed by atoms with Crippen molar-refractivity contribution in [3.8, 4) is 5.75 Å². The lowest BCUT2D eigenvalue weighted by Crippen LogP contribution is -2.46. The maximum atomic E-state index is 12.5. The van der Waals surface area contributed by atoms with Crippen molar-refractivity contribution in [2.24, 2.45) is 0 Å². The molecule has 1 unspecified atom stereocenters. The molecule has 4 nitrogen and oxygen atoms in total. The van der Waals surface area contributed by atoms with Crippen LogP contribution in [0.25, 0.3) is 0 Å². The van der Waals surface area contributed by atoms with Crippen molar-refractivity contribution < 1.29 is 9.53 Å². The minimum atomic E-state index is -0.417. The highest BCUT2D eigenvalue weighted by Crippen LogP contribution is 2.19. The van der Waals surface area contributed by atoms with Gasteiger partial charge < -0.3 is 10.1 Å². The first-order valence-electron chi connectivity index (χ1n) is 8.41. The zero-order chi connectivity index (χ0) is 17.5. The summed E-state index contributed by atoms with van der Waals surface area (Å²) >= 11 is 0. The SMILES string of the molecule is CCN(C(=O)NC(C)Oc1ccc(C(C)C)cc1)c1ccccc1. The van der Waals surface area contributed by atoms with E-state index in [0.29, 0.717) is 12.5 Å². The first kappa shape index (κ1) is 17.9. The molecule has 128 valence electrons. The van der Waals surface area contributed by atoms with Gasteiger partial charge in [-0.05, 0) is 49.6 Å². The van der Waals surface area contributed by atoms with E-state index in [9.17, 15) is 4.79 Å². The molecule has 0 aliphatic carbocycles. The molecule has 2 aromatic rings. The number of anilines is 1. The highest BCUT2D eigenvalue weighted by Gasteiger charge is 2.16. The van der Waals surface area contributed by atoms with Crippen LogP contribution >= 0.6 is 0 Å². The molecule has 0 bridgehead atoms. The average molecular weight is 326 g/mol. The second-order valence-corrected chi connectivity index (χ2v) is 6.01. The highest BCUT2D eigenvalue weighted by molar-refractivity contribution is 5.91. The Morgan fingerprint density at radius 2 is 1.67 bits per heavy atom. The number of hydrogen-bond donors (Lipinski definition) is 1. The van der Waals surface area contributed by atoms with Crippen LogP contribution in [0.3, 0.4) is 0 Å². The van der Waals surface area contributed by atoms with Gasteiger partial charge >= 0.3 is 6.03 Å². The molecule has 0 aromatic heterocycles. The zero-order valence-electron chi connectivity index (χ0n) is 14.8. The number of urea groups is 1. The van der Waals surface area contributed by atoms with E-state index in [0.717, 1.165) is 11.4 Å². The maximum absolute atomic E-state index is 12.5. The molecular weight excluding hydrogens is 300 g/mol. The monoisotopic (exact) mass is 326 g/mol. The fourth-order valence-corrected chi connectivity index (χ4v) is 2.47. The molecule has 0 fully saturated rings. The van der Waals surface area contributed by atoms with Gasteiger partial charge in [-0.3, -0.25) is 4.90 Å². The van der Waals surface area contributed by atoms with Gasteiger partial charge in [-0.25, -0.2) is 4.79 Å². The number of nitrogens with zero attached hydrogens (tertiary/aromatic N) is 1. The molecule has 0 aliphatic heterocycles. The van der Waals surface area contributed by atoms with Gasteiger partial charge in [0.1, 0.15) is 5.75 Å². The Bertz CT molecular complexity index is 638. The Morgan fingerprint density at radius 3 is 2.21 bits per heavy atom. The molecule has 0 saturated carbocycles. The van der Waals surface area contributed by atoms with Crippen LogP contribution in [-0.4, -0.2) is 18.8 Å². The van der Waals surface area contributed by atoms with Crippen molar-refractivity contribution in [2.45, 2.75) is 39.8 Å². The van der Waals surface area contributed by atoms with Crippen LogP contribution in [0.15, 0.2) is 54.6 Å². The van der Waals surface area contributed by atoms with Crippen LogP contribution in [0.5, 0.6) is 5.75 Å². The number of carbonyl (C=O) groups excluding carboxylic acids is 1. The summed E-state index contributed by atoms with van der Waals surface area (Å²) in [5, 5.41) is 2.88. The summed E-state index contributed by atoms with van der Waals surface area (Å²) in [5.41, 5.74) is 2.13. The van der Waals surface area contributed by atoms with Gasteiger partial charge in [-0.2, -0.15) is 0 Å². The highest BCUT2D eigenvalue weighted by atomic mass is 16.5. The van der Waals surface area contributed by atoms with Crippen LogP contribution in [0.2, 0.25) is 0 Å². The Labute approximate surface area is 144 Å². The van der Waals surface area contributed by atoms with E-state index in [4.69, 9.17) is 4.74 Å². The quantitative estimate of drug-likeness (QED) is 0.777. The zero-order valence-corrected chi connectivity index (χ0v) is 14.8. The maximum Gasteiger partial charge on any atom is 0.324 e. The minimum absolute atomic E-state index is 0.171. The van der Waals surface area contributed by atoms with E-state index in [1.54, 1.807) is 4.90 Å². The summed E-state index contributed by atoms with van der Waals surface area (Å²) in [4.78, 5) is 14.1. The van der Waals surface area contributed by atoms with Crippen molar-refractivity contribution in [3.05, 3.63) is 60.2 Å². The smallest absolute Gasteiger partial charge is 0.324 e. The van der Waals surface area contributed by atoms with Crippen molar-refractivity contribution >= 4 is 11.7 Å². The first-order valence-corrected chi connectivity index (χ1v) is 8.41. The number of para-hydroxylation sites is 1. The van der Waals surface area contributed by atoms with E-state index in [1.807, 2.05) is 56.3 Å².